The van der Waals surface area contributed by atoms with E-state index in [9.17, 15) is 0 Å². The Hall–Kier alpha value is -2.95. The van der Waals surface area contributed by atoms with Gasteiger partial charge in [0.25, 0.3) is 0 Å². The highest BCUT2D eigenvalue weighted by atomic mass is 35.5. The number of pyridine rings is 2. The highest BCUT2D eigenvalue weighted by molar-refractivity contribution is 6.42. The van der Waals surface area contributed by atoms with Crippen LogP contribution < -0.4 is 5.32 Å². The Morgan fingerprint density at radius 1 is 0.852 bits per heavy atom. The van der Waals surface area contributed by atoms with Crippen molar-refractivity contribution >= 4 is 51.8 Å². The molecule has 6 heteroatoms. The molecule has 0 aliphatic carbocycles. The third-order valence-corrected chi connectivity index (χ3v) is 4.72. The average Bonchev–Trinajstić information content (AvgIpc) is 2.71. The quantitative estimate of drug-likeness (QED) is 0.324. The first-order valence-corrected chi connectivity index (χ1v) is 9.01. The van der Waals surface area contributed by atoms with Crippen molar-refractivity contribution in [2.45, 2.75) is 0 Å². The number of rotatable bonds is 4. The van der Waals surface area contributed by atoms with Crippen LogP contribution in [0.2, 0.25) is 10.0 Å². The normalized spacial score (nSPS) is 11.2. The minimum Gasteiger partial charge on any atom is -0.346 e. The van der Waals surface area contributed by atoms with Crippen molar-refractivity contribution in [1.29, 1.82) is 0 Å². The van der Waals surface area contributed by atoms with Gasteiger partial charge in [0, 0.05) is 17.3 Å². The Morgan fingerprint density at radius 3 is 2.52 bits per heavy atom. The van der Waals surface area contributed by atoms with Gasteiger partial charge < -0.3 is 5.32 Å². The van der Waals surface area contributed by atoms with Gasteiger partial charge in [-0.1, -0.05) is 53.5 Å². The Bertz CT molecular complexity index is 1130. The number of aromatic nitrogens is 2. The average molecular weight is 393 g/mol. The molecule has 1 N–H and O–H groups in total. The van der Waals surface area contributed by atoms with Crippen molar-refractivity contribution < 1.29 is 0 Å². The van der Waals surface area contributed by atoms with Gasteiger partial charge in [0.15, 0.2) is 5.82 Å². The fraction of sp³-hybridized carbons (Fsp3) is 0. The smallest absolute Gasteiger partial charge is 0.162 e. The summed E-state index contributed by atoms with van der Waals surface area (Å²) in [5.74, 6) is 0.612. The minimum atomic E-state index is 0.482. The second-order valence-corrected chi connectivity index (χ2v) is 6.61. The Morgan fingerprint density at radius 2 is 1.70 bits per heavy atom. The molecule has 0 atom stereocenters. The third kappa shape index (κ3) is 3.92. The third-order valence-electron chi connectivity index (χ3n) is 3.99. The maximum Gasteiger partial charge on any atom is 0.162 e. The molecule has 2 heterocycles. The zero-order valence-corrected chi connectivity index (χ0v) is 15.6. The van der Waals surface area contributed by atoms with E-state index in [-0.39, 0.29) is 0 Å². The van der Waals surface area contributed by atoms with Crippen molar-refractivity contribution in [2.24, 2.45) is 4.99 Å². The van der Waals surface area contributed by atoms with Crippen molar-refractivity contribution in [3.8, 4) is 11.4 Å². The van der Waals surface area contributed by atoms with E-state index in [0.717, 1.165) is 27.8 Å². The zero-order valence-electron chi connectivity index (χ0n) is 14.1. The maximum absolute atomic E-state index is 6.04. The molecule has 0 aliphatic rings. The van der Waals surface area contributed by atoms with Gasteiger partial charge in [0.1, 0.15) is 0 Å². The first kappa shape index (κ1) is 17.5. The van der Waals surface area contributed by atoms with Crippen LogP contribution in [0.3, 0.4) is 0 Å². The number of nitrogens with zero attached hydrogens (tertiary/aromatic N) is 3. The standard InChI is InChI=1S/C21H14Cl2N4/c22-17-9-8-15(12-18(17)23)25-13-26-21-16-6-2-1-5-14(16)11-20(27-21)19-7-3-4-10-24-19/h1-13H,(H,25,26,27). The predicted octanol–water partition coefficient (Wildman–Crippen LogP) is 6.38. The van der Waals surface area contributed by atoms with Crippen molar-refractivity contribution in [1.82, 2.24) is 9.97 Å². The summed E-state index contributed by atoms with van der Waals surface area (Å²) in [6.07, 6.45) is 3.34. The first-order valence-electron chi connectivity index (χ1n) is 8.26. The van der Waals surface area contributed by atoms with E-state index >= 15 is 0 Å². The molecule has 0 saturated carbocycles. The van der Waals surface area contributed by atoms with Crippen LogP contribution in [-0.4, -0.2) is 16.3 Å². The molecule has 0 radical (unpaired) electrons. The van der Waals surface area contributed by atoms with Crippen LogP contribution in [0.25, 0.3) is 22.2 Å². The number of hydrogen-bond donors (Lipinski definition) is 1. The molecule has 0 spiro atoms. The molecule has 0 saturated heterocycles. The predicted molar refractivity (Wildman–Crippen MR) is 113 cm³/mol. The van der Waals surface area contributed by atoms with E-state index in [2.05, 4.69) is 20.3 Å². The fourth-order valence-electron chi connectivity index (χ4n) is 2.68. The number of benzene rings is 2. The molecule has 2 aromatic carbocycles. The van der Waals surface area contributed by atoms with Crippen LogP contribution in [-0.2, 0) is 0 Å². The van der Waals surface area contributed by atoms with Crippen LogP contribution in [0.5, 0.6) is 0 Å². The molecule has 4 rings (SSSR count). The summed E-state index contributed by atoms with van der Waals surface area (Å²) in [5.41, 5.74) is 2.37. The number of fused-ring (bicyclic) bond motifs is 1. The molecule has 0 fully saturated rings. The maximum atomic E-state index is 6.04. The van der Waals surface area contributed by atoms with Crippen LogP contribution in [0.15, 0.2) is 77.9 Å². The van der Waals surface area contributed by atoms with Gasteiger partial charge in [0.05, 0.1) is 27.8 Å². The van der Waals surface area contributed by atoms with E-state index in [0.29, 0.717) is 15.9 Å². The van der Waals surface area contributed by atoms with Crippen molar-refractivity contribution in [2.75, 3.05) is 5.32 Å². The second kappa shape index (κ2) is 7.74. The number of nitrogens with one attached hydrogen (secondary N) is 1. The lowest BCUT2D eigenvalue weighted by molar-refractivity contribution is 1.24. The molecule has 4 nitrogen and oxygen atoms in total. The second-order valence-electron chi connectivity index (χ2n) is 5.80. The lowest BCUT2D eigenvalue weighted by Crippen LogP contribution is -1.95. The summed E-state index contributed by atoms with van der Waals surface area (Å²) in [6.45, 7) is 0. The summed E-state index contributed by atoms with van der Waals surface area (Å²) in [6, 6.07) is 21.1. The van der Waals surface area contributed by atoms with Crippen LogP contribution in [0, 0.1) is 0 Å². The Kier molecular flexibility index (Phi) is 5.01. The summed E-state index contributed by atoms with van der Waals surface area (Å²) in [4.78, 5) is 13.6. The van der Waals surface area contributed by atoms with Crippen LogP contribution in [0.1, 0.15) is 0 Å². The number of anilines is 1. The van der Waals surface area contributed by atoms with E-state index < -0.39 is 0 Å². The lowest BCUT2D eigenvalue weighted by Gasteiger charge is -2.06. The summed E-state index contributed by atoms with van der Waals surface area (Å²) < 4.78 is 0. The van der Waals surface area contributed by atoms with Crippen LogP contribution in [0.4, 0.5) is 11.5 Å². The van der Waals surface area contributed by atoms with Gasteiger partial charge in [-0.25, -0.2) is 9.98 Å². The molecule has 2 aromatic heterocycles. The molecule has 132 valence electrons. The van der Waals surface area contributed by atoms with Gasteiger partial charge in [-0.3, -0.25) is 4.98 Å². The molecule has 27 heavy (non-hydrogen) atoms. The number of aliphatic imine (C=N–C) groups is 1. The molecule has 0 unspecified atom stereocenters. The lowest BCUT2D eigenvalue weighted by atomic mass is 10.1. The van der Waals surface area contributed by atoms with Gasteiger partial charge in [0.2, 0.25) is 0 Å². The molecule has 0 bridgehead atoms. The van der Waals surface area contributed by atoms with Gasteiger partial charge in [-0.2, -0.15) is 0 Å². The van der Waals surface area contributed by atoms with E-state index in [1.165, 1.54) is 0 Å². The van der Waals surface area contributed by atoms with Gasteiger partial charge in [-0.05, 0) is 41.8 Å². The molecule has 0 amide bonds. The van der Waals surface area contributed by atoms with E-state index in [4.69, 9.17) is 23.2 Å². The molecule has 4 aromatic rings. The van der Waals surface area contributed by atoms with Gasteiger partial charge in [-0.15, -0.1) is 0 Å². The largest absolute Gasteiger partial charge is 0.346 e. The SMILES string of the molecule is Clc1ccc(NC=Nc2nc(-c3ccccn3)cc3ccccc23)cc1Cl. The molecule has 0 aliphatic heterocycles. The summed E-state index contributed by atoms with van der Waals surface area (Å²) in [7, 11) is 0. The summed E-state index contributed by atoms with van der Waals surface area (Å²) >= 11 is 12.0. The molecular formula is C21H14Cl2N4. The Balaban J connectivity index is 1.70. The van der Waals surface area contributed by atoms with Crippen LogP contribution >= 0.6 is 23.2 Å². The topological polar surface area (TPSA) is 50.2 Å². The monoisotopic (exact) mass is 392 g/mol. The highest BCUT2D eigenvalue weighted by Gasteiger charge is 2.07. The van der Waals surface area contributed by atoms with Crippen molar-refractivity contribution in [3.63, 3.8) is 0 Å². The highest BCUT2D eigenvalue weighted by Crippen LogP contribution is 2.29. The molecular weight excluding hydrogens is 379 g/mol. The fourth-order valence-corrected chi connectivity index (χ4v) is 2.98. The summed E-state index contributed by atoms with van der Waals surface area (Å²) in [5, 5.41) is 6.10. The van der Waals surface area contributed by atoms with Crippen molar-refractivity contribution in [3.05, 3.63) is 83.0 Å². The Labute approximate surface area is 166 Å². The van der Waals surface area contributed by atoms with E-state index in [1.807, 2.05) is 54.6 Å². The zero-order chi connectivity index (χ0) is 18.6. The minimum absolute atomic E-state index is 0.482. The number of hydrogen-bond acceptors (Lipinski definition) is 3. The number of halogens is 2. The first-order chi connectivity index (χ1) is 13.2. The van der Waals surface area contributed by atoms with E-state index in [1.54, 1.807) is 24.7 Å². The van der Waals surface area contributed by atoms with Gasteiger partial charge >= 0.3 is 0 Å².